The summed E-state index contributed by atoms with van der Waals surface area (Å²) >= 11 is 8.44. The van der Waals surface area contributed by atoms with Gasteiger partial charge in [-0.2, -0.15) is 9.78 Å². The highest BCUT2D eigenvalue weighted by atomic mass is 79.9. The van der Waals surface area contributed by atoms with Crippen molar-refractivity contribution in [2.24, 2.45) is 5.10 Å². The fourth-order valence-electron chi connectivity index (χ4n) is 1.91. The van der Waals surface area contributed by atoms with E-state index in [2.05, 4.69) is 31.2 Å². The Morgan fingerprint density at radius 2 is 2.35 bits per heavy atom. The molecule has 1 aromatic carbocycles. The van der Waals surface area contributed by atoms with Crippen LogP contribution >= 0.6 is 28.1 Å². The third-order valence-corrected chi connectivity index (χ3v) is 3.85. The van der Waals surface area contributed by atoms with Crippen molar-refractivity contribution in [2.45, 2.75) is 0 Å². The molecule has 0 saturated heterocycles. The molecule has 0 bridgehead atoms. The Hall–Kier alpha value is -2.39. The molecule has 0 fully saturated rings. The Kier molecular flexibility index (Phi) is 4.30. The molecule has 0 amide bonds. The molecule has 0 atom stereocenters. The third kappa shape index (κ3) is 3.06. The molecule has 0 spiro atoms. The van der Waals surface area contributed by atoms with Gasteiger partial charge in [0, 0.05) is 0 Å². The third-order valence-electron chi connectivity index (χ3n) is 2.98. The van der Waals surface area contributed by atoms with E-state index in [1.54, 1.807) is 36.7 Å². The van der Waals surface area contributed by atoms with Crippen LogP contribution in [0.2, 0.25) is 0 Å². The van der Waals surface area contributed by atoms with Crippen molar-refractivity contribution < 1.29 is 14.3 Å². The van der Waals surface area contributed by atoms with Gasteiger partial charge in [0.05, 0.1) is 24.1 Å². The lowest BCUT2D eigenvalue weighted by molar-refractivity contribution is 0.372. The minimum Gasteiger partial charge on any atom is -0.503 e. The molecule has 0 radical (unpaired) electrons. The number of nitrogens with one attached hydrogen (secondary N) is 1. The fraction of sp³-hybridized carbons (Fsp3) is 0.0714. The summed E-state index contributed by atoms with van der Waals surface area (Å²) < 4.78 is 12.7. The maximum absolute atomic E-state index is 9.82. The van der Waals surface area contributed by atoms with Gasteiger partial charge in [-0.3, -0.25) is 0 Å². The number of H-pyrrole nitrogens is 1. The summed E-state index contributed by atoms with van der Waals surface area (Å²) in [5.41, 5.74) is 0.708. The van der Waals surface area contributed by atoms with Crippen LogP contribution in [0, 0.1) is 4.77 Å². The lowest BCUT2D eigenvalue weighted by atomic mass is 10.2. The van der Waals surface area contributed by atoms with Crippen molar-refractivity contribution in [3.05, 3.63) is 45.3 Å². The number of benzene rings is 1. The maximum Gasteiger partial charge on any atom is 0.219 e. The number of hydrogen-bond acceptors (Lipinski definition) is 6. The second-order valence-corrected chi connectivity index (χ2v) is 5.68. The van der Waals surface area contributed by atoms with Gasteiger partial charge >= 0.3 is 0 Å². The molecular weight excluding hydrogens is 384 g/mol. The zero-order valence-corrected chi connectivity index (χ0v) is 14.3. The molecule has 118 valence electrons. The van der Waals surface area contributed by atoms with E-state index < -0.39 is 0 Å². The van der Waals surface area contributed by atoms with Crippen LogP contribution in [0.25, 0.3) is 11.6 Å². The number of rotatable bonds is 4. The number of nitrogens with zero attached hydrogens (tertiary/aromatic N) is 3. The fourth-order valence-corrected chi connectivity index (χ4v) is 2.55. The van der Waals surface area contributed by atoms with Crippen LogP contribution in [0.1, 0.15) is 5.56 Å². The number of phenols is 1. The number of halogens is 1. The van der Waals surface area contributed by atoms with Crippen molar-refractivity contribution in [2.75, 3.05) is 7.11 Å². The van der Waals surface area contributed by atoms with Gasteiger partial charge in [0.2, 0.25) is 10.6 Å². The minimum absolute atomic E-state index is 0.0286. The van der Waals surface area contributed by atoms with E-state index in [0.717, 1.165) is 0 Å². The molecule has 2 heterocycles. The average Bonchev–Trinajstić information content (AvgIpc) is 3.18. The summed E-state index contributed by atoms with van der Waals surface area (Å²) in [6, 6.07) is 6.87. The van der Waals surface area contributed by atoms with Gasteiger partial charge in [0.1, 0.15) is 0 Å². The van der Waals surface area contributed by atoms with E-state index in [1.165, 1.54) is 11.8 Å². The second kappa shape index (κ2) is 6.39. The number of phenolic OH excluding ortho intramolecular Hbond substituents is 1. The van der Waals surface area contributed by atoms with Crippen LogP contribution < -0.4 is 4.74 Å². The molecule has 3 aromatic rings. The summed E-state index contributed by atoms with van der Waals surface area (Å²) in [4.78, 5) is 0. The lowest BCUT2D eigenvalue weighted by Crippen LogP contribution is -1.95. The van der Waals surface area contributed by atoms with Gasteiger partial charge in [0.15, 0.2) is 17.3 Å². The molecule has 0 aliphatic rings. The average molecular weight is 395 g/mol. The molecule has 7 nitrogen and oxygen atoms in total. The number of aromatic nitrogens is 3. The standard InChI is InChI=1S/C14H11BrN4O3S/c1-21-11-6-8(5-9(15)12(11)20)7-16-19-13(17-18-14(19)23)10-3-2-4-22-10/h2-7,20H,1H3,(H,18,23)/b16-7-. The van der Waals surface area contributed by atoms with E-state index in [4.69, 9.17) is 21.4 Å². The van der Waals surface area contributed by atoms with Gasteiger partial charge in [-0.15, -0.1) is 5.10 Å². The maximum atomic E-state index is 9.82. The number of furan rings is 1. The molecule has 0 unspecified atom stereocenters. The van der Waals surface area contributed by atoms with E-state index >= 15 is 0 Å². The van der Waals surface area contributed by atoms with Crippen molar-refractivity contribution in [1.29, 1.82) is 0 Å². The zero-order valence-electron chi connectivity index (χ0n) is 11.9. The number of aromatic hydroxyl groups is 1. The molecule has 2 N–H and O–H groups in total. The molecule has 23 heavy (non-hydrogen) atoms. The summed E-state index contributed by atoms with van der Waals surface area (Å²) in [5, 5.41) is 20.9. The number of hydrogen-bond donors (Lipinski definition) is 2. The van der Waals surface area contributed by atoms with Gasteiger partial charge in [-0.05, 0) is 58.0 Å². The Labute approximate surface area is 144 Å². The molecule has 0 saturated carbocycles. The van der Waals surface area contributed by atoms with E-state index in [1.807, 2.05) is 0 Å². The normalized spacial score (nSPS) is 11.2. The van der Waals surface area contributed by atoms with E-state index in [9.17, 15) is 5.11 Å². The van der Waals surface area contributed by atoms with Crippen molar-refractivity contribution in [3.8, 4) is 23.1 Å². The van der Waals surface area contributed by atoms with Crippen molar-refractivity contribution in [3.63, 3.8) is 0 Å². The van der Waals surface area contributed by atoms with Crippen LogP contribution in [-0.4, -0.2) is 33.3 Å². The largest absolute Gasteiger partial charge is 0.503 e. The molecule has 0 aliphatic carbocycles. The lowest BCUT2D eigenvalue weighted by Gasteiger charge is -2.06. The van der Waals surface area contributed by atoms with Crippen LogP contribution in [0.5, 0.6) is 11.5 Å². The Morgan fingerprint density at radius 3 is 3.04 bits per heavy atom. The van der Waals surface area contributed by atoms with Gasteiger partial charge in [0.25, 0.3) is 0 Å². The van der Waals surface area contributed by atoms with Crippen LogP contribution in [-0.2, 0) is 0 Å². The predicted molar refractivity (Wildman–Crippen MR) is 90.5 cm³/mol. The first-order chi connectivity index (χ1) is 11.1. The van der Waals surface area contributed by atoms with Crippen LogP contribution in [0.3, 0.4) is 0 Å². The first-order valence-electron chi connectivity index (χ1n) is 6.42. The number of aromatic amines is 1. The smallest absolute Gasteiger partial charge is 0.219 e. The molecule has 2 aromatic heterocycles. The quantitative estimate of drug-likeness (QED) is 0.521. The van der Waals surface area contributed by atoms with E-state index in [0.29, 0.717) is 32.1 Å². The highest BCUT2D eigenvalue weighted by Gasteiger charge is 2.11. The van der Waals surface area contributed by atoms with Crippen molar-refractivity contribution in [1.82, 2.24) is 14.9 Å². The highest BCUT2D eigenvalue weighted by Crippen LogP contribution is 2.34. The predicted octanol–water partition coefficient (Wildman–Crippen LogP) is 3.56. The van der Waals surface area contributed by atoms with Crippen molar-refractivity contribution >= 4 is 34.4 Å². The van der Waals surface area contributed by atoms with Crippen LogP contribution in [0.15, 0.2) is 44.5 Å². The Bertz CT molecular complexity index is 915. The number of ether oxygens (including phenoxy) is 1. The molecule has 0 aliphatic heterocycles. The molecule has 9 heteroatoms. The SMILES string of the molecule is COc1cc(/C=N\n2c(-c3ccco3)n[nH]c2=S)cc(Br)c1O. The van der Waals surface area contributed by atoms with Gasteiger partial charge in [-0.1, -0.05) is 0 Å². The summed E-state index contributed by atoms with van der Waals surface area (Å²) in [5.74, 6) is 1.36. The number of methoxy groups -OCH3 is 1. The first kappa shape index (κ1) is 15.5. The second-order valence-electron chi connectivity index (χ2n) is 4.44. The highest BCUT2D eigenvalue weighted by molar-refractivity contribution is 9.10. The monoisotopic (exact) mass is 394 g/mol. The Balaban J connectivity index is 2.00. The Morgan fingerprint density at radius 1 is 1.52 bits per heavy atom. The molecular formula is C14H11BrN4O3S. The minimum atomic E-state index is 0.0286. The van der Waals surface area contributed by atoms with Gasteiger partial charge in [-0.25, -0.2) is 5.10 Å². The van der Waals surface area contributed by atoms with Crippen LogP contribution in [0.4, 0.5) is 0 Å². The molecule has 3 rings (SSSR count). The van der Waals surface area contributed by atoms with Gasteiger partial charge < -0.3 is 14.3 Å². The summed E-state index contributed by atoms with van der Waals surface area (Å²) in [6.07, 6.45) is 3.12. The summed E-state index contributed by atoms with van der Waals surface area (Å²) in [7, 11) is 1.48. The van der Waals surface area contributed by atoms with E-state index in [-0.39, 0.29) is 5.75 Å². The first-order valence-corrected chi connectivity index (χ1v) is 7.62. The topological polar surface area (TPSA) is 88.6 Å². The zero-order chi connectivity index (χ0) is 16.4. The summed E-state index contributed by atoms with van der Waals surface area (Å²) in [6.45, 7) is 0.